The summed E-state index contributed by atoms with van der Waals surface area (Å²) in [6.45, 7) is 4.43. The number of nitrogens with two attached hydrogens (primary N) is 2. The number of halogens is 1. The van der Waals surface area contributed by atoms with Crippen molar-refractivity contribution >= 4 is 24.2 Å². The average molecular weight is 374 g/mol. The van der Waals surface area contributed by atoms with E-state index < -0.39 is 5.91 Å². The van der Waals surface area contributed by atoms with Crippen LogP contribution in [0, 0.1) is 5.92 Å². The van der Waals surface area contributed by atoms with Crippen molar-refractivity contribution in [3.8, 4) is 11.5 Å². The lowest BCUT2D eigenvalue weighted by Gasteiger charge is -2.22. The van der Waals surface area contributed by atoms with Gasteiger partial charge in [0.15, 0.2) is 18.1 Å². The van der Waals surface area contributed by atoms with Crippen molar-refractivity contribution in [2.24, 2.45) is 17.4 Å². The van der Waals surface area contributed by atoms with Crippen molar-refractivity contribution in [1.82, 2.24) is 4.90 Å². The van der Waals surface area contributed by atoms with Crippen molar-refractivity contribution in [2.45, 2.75) is 26.3 Å². The molecule has 8 heteroatoms. The van der Waals surface area contributed by atoms with Gasteiger partial charge in [-0.3, -0.25) is 9.59 Å². The lowest BCUT2D eigenvalue weighted by Crippen LogP contribution is -2.34. The molecule has 0 bridgehead atoms. The summed E-state index contributed by atoms with van der Waals surface area (Å²) in [5.41, 5.74) is 11.5. The maximum atomic E-state index is 12.5. The molecule has 0 heterocycles. The fraction of sp³-hybridized carbons (Fsp3) is 0.529. The maximum absolute atomic E-state index is 12.5. The molecule has 1 aromatic carbocycles. The van der Waals surface area contributed by atoms with E-state index in [0.717, 1.165) is 6.42 Å². The van der Waals surface area contributed by atoms with Gasteiger partial charge in [-0.2, -0.15) is 0 Å². The molecule has 0 radical (unpaired) electrons. The highest BCUT2D eigenvalue weighted by molar-refractivity contribution is 5.94. The van der Waals surface area contributed by atoms with E-state index in [-0.39, 0.29) is 31.0 Å². The Morgan fingerprint density at radius 1 is 1.24 bits per heavy atom. The molecule has 25 heavy (non-hydrogen) atoms. The van der Waals surface area contributed by atoms with Crippen LogP contribution in [0.4, 0.5) is 0 Å². The van der Waals surface area contributed by atoms with Gasteiger partial charge in [-0.25, -0.2) is 0 Å². The molecule has 4 N–H and O–H groups in total. The third kappa shape index (κ3) is 7.19. The van der Waals surface area contributed by atoms with Crippen molar-refractivity contribution in [1.29, 1.82) is 0 Å². The third-order valence-electron chi connectivity index (χ3n) is 3.78. The van der Waals surface area contributed by atoms with Gasteiger partial charge in [0.25, 0.3) is 11.8 Å². The minimum absolute atomic E-state index is 0. The maximum Gasteiger partial charge on any atom is 0.255 e. The lowest BCUT2D eigenvalue weighted by molar-refractivity contribution is -0.119. The number of primary amides is 1. The molecular weight excluding hydrogens is 346 g/mol. The van der Waals surface area contributed by atoms with Crippen molar-refractivity contribution in [2.75, 3.05) is 27.3 Å². The van der Waals surface area contributed by atoms with Crippen LogP contribution in [0.2, 0.25) is 0 Å². The molecule has 7 nitrogen and oxygen atoms in total. The van der Waals surface area contributed by atoms with Gasteiger partial charge in [-0.05, 0) is 30.5 Å². The number of benzene rings is 1. The predicted molar refractivity (Wildman–Crippen MR) is 99.3 cm³/mol. The summed E-state index contributed by atoms with van der Waals surface area (Å²) in [7, 11) is 3.20. The fourth-order valence-corrected chi connectivity index (χ4v) is 2.07. The molecule has 0 aliphatic carbocycles. The van der Waals surface area contributed by atoms with Crippen LogP contribution in [0.25, 0.3) is 0 Å². The second-order valence-corrected chi connectivity index (χ2v) is 6.04. The smallest absolute Gasteiger partial charge is 0.255 e. The Balaban J connectivity index is 0.00000576. The number of hydrogen-bond donors (Lipinski definition) is 2. The van der Waals surface area contributed by atoms with Crippen LogP contribution in [0.5, 0.6) is 11.5 Å². The van der Waals surface area contributed by atoms with Crippen LogP contribution < -0.4 is 20.9 Å². The van der Waals surface area contributed by atoms with Crippen LogP contribution in [0.15, 0.2) is 18.2 Å². The quantitative estimate of drug-likeness (QED) is 0.680. The van der Waals surface area contributed by atoms with Gasteiger partial charge in [-0.1, -0.05) is 13.8 Å². The summed E-state index contributed by atoms with van der Waals surface area (Å²) in [6, 6.07) is 4.85. The SMILES string of the molecule is COc1cc(C(=O)N(C)CCC(N)C(C)C)ccc1OCC(N)=O.Cl. The first-order chi connectivity index (χ1) is 11.3. The number of carbonyl (C=O) groups excluding carboxylic acids is 2. The van der Waals surface area contributed by atoms with Gasteiger partial charge in [0, 0.05) is 25.2 Å². The van der Waals surface area contributed by atoms with Crippen LogP contribution in [0.3, 0.4) is 0 Å². The topological polar surface area (TPSA) is 108 Å². The number of carbonyl (C=O) groups is 2. The fourth-order valence-electron chi connectivity index (χ4n) is 2.07. The minimum Gasteiger partial charge on any atom is -0.493 e. The molecule has 2 amide bonds. The van der Waals surface area contributed by atoms with E-state index in [4.69, 9.17) is 20.9 Å². The molecular formula is C17H28ClN3O4. The van der Waals surface area contributed by atoms with E-state index in [2.05, 4.69) is 13.8 Å². The number of methoxy groups -OCH3 is 1. The van der Waals surface area contributed by atoms with Gasteiger partial charge in [0.05, 0.1) is 7.11 Å². The molecule has 1 rings (SSSR count). The normalized spacial score (nSPS) is 11.4. The Labute approximate surface area is 155 Å². The highest BCUT2D eigenvalue weighted by Crippen LogP contribution is 2.28. The molecule has 0 spiro atoms. The van der Waals surface area contributed by atoms with Crippen LogP contribution in [-0.4, -0.2) is 50.1 Å². The predicted octanol–water partition coefficient (Wildman–Crippen LogP) is 1.43. The zero-order valence-corrected chi connectivity index (χ0v) is 16.0. The molecule has 1 atom stereocenters. The number of amides is 2. The Hall–Kier alpha value is -1.99. The second-order valence-electron chi connectivity index (χ2n) is 6.04. The van der Waals surface area contributed by atoms with Gasteiger partial charge in [-0.15, -0.1) is 12.4 Å². The number of ether oxygens (including phenoxy) is 2. The molecule has 0 aromatic heterocycles. The summed E-state index contributed by atoms with van der Waals surface area (Å²) < 4.78 is 10.5. The van der Waals surface area contributed by atoms with Crippen LogP contribution in [-0.2, 0) is 4.79 Å². The molecule has 142 valence electrons. The largest absolute Gasteiger partial charge is 0.493 e. The summed E-state index contributed by atoms with van der Waals surface area (Å²) in [5.74, 6) is 0.381. The van der Waals surface area contributed by atoms with Crippen LogP contribution >= 0.6 is 12.4 Å². The van der Waals surface area contributed by atoms with E-state index in [1.165, 1.54) is 7.11 Å². The monoisotopic (exact) mass is 373 g/mol. The average Bonchev–Trinajstić information content (AvgIpc) is 2.56. The van der Waals surface area contributed by atoms with E-state index in [1.807, 2.05) is 0 Å². The first-order valence-electron chi connectivity index (χ1n) is 7.86. The van der Waals surface area contributed by atoms with E-state index >= 15 is 0 Å². The molecule has 0 aliphatic rings. The number of hydrogen-bond acceptors (Lipinski definition) is 5. The van der Waals surface area contributed by atoms with Crippen molar-refractivity contribution < 1.29 is 19.1 Å². The molecule has 1 aromatic rings. The summed E-state index contributed by atoms with van der Waals surface area (Å²) in [4.78, 5) is 24.9. The van der Waals surface area contributed by atoms with Crippen LogP contribution in [0.1, 0.15) is 30.6 Å². The van der Waals surface area contributed by atoms with Crippen molar-refractivity contribution in [3.63, 3.8) is 0 Å². The van der Waals surface area contributed by atoms with Crippen molar-refractivity contribution in [3.05, 3.63) is 23.8 Å². The second kappa shape index (κ2) is 10.8. The van der Waals surface area contributed by atoms with Gasteiger partial charge < -0.3 is 25.8 Å². The van der Waals surface area contributed by atoms with E-state index in [1.54, 1.807) is 30.1 Å². The van der Waals surface area contributed by atoms with E-state index in [0.29, 0.717) is 29.5 Å². The molecule has 0 aliphatic heterocycles. The first-order valence-corrected chi connectivity index (χ1v) is 7.86. The highest BCUT2D eigenvalue weighted by atomic mass is 35.5. The van der Waals surface area contributed by atoms with Gasteiger partial charge in [0.1, 0.15) is 0 Å². The third-order valence-corrected chi connectivity index (χ3v) is 3.78. The zero-order chi connectivity index (χ0) is 18.3. The first kappa shape index (κ1) is 23.0. The summed E-state index contributed by atoms with van der Waals surface area (Å²) in [6.07, 6.45) is 0.733. The molecule has 0 saturated carbocycles. The number of nitrogens with zero attached hydrogens (tertiary/aromatic N) is 1. The van der Waals surface area contributed by atoms with Gasteiger partial charge in [0.2, 0.25) is 0 Å². The lowest BCUT2D eigenvalue weighted by atomic mass is 10.0. The standard InChI is InChI=1S/C17H27N3O4.ClH/c1-11(2)13(18)7-8-20(3)17(22)12-5-6-14(15(9-12)23-4)24-10-16(19)21;/h5-6,9,11,13H,7-8,10,18H2,1-4H3,(H2,19,21);1H. The molecule has 0 fully saturated rings. The summed E-state index contributed by atoms with van der Waals surface area (Å²) in [5, 5.41) is 0. The zero-order valence-electron chi connectivity index (χ0n) is 15.2. The molecule has 1 unspecified atom stereocenters. The molecule has 0 saturated heterocycles. The number of rotatable bonds is 9. The Morgan fingerprint density at radius 2 is 1.88 bits per heavy atom. The Morgan fingerprint density at radius 3 is 2.40 bits per heavy atom. The van der Waals surface area contributed by atoms with E-state index in [9.17, 15) is 9.59 Å². The minimum atomic E-state index is -0.585. The Bertz CT molecular complexity index is 581. The van der Waals surface area contributed by atoms with Gasteiger partial charge >= 0.3 is 0 Å². The summed E-state index contributed by atoms with van der Waals surface area (Å²) >= 11 is 0. The highest BCUT2D eigenvalue weighted by Gasteiger charge is 2.17. The Kier molecular flexibility index (Phi) is 9.93.